The van der Waals surface area contributed by atoms with Gasteiger partial charge in [0.25, 0.3) is 5.56 Å². The Morgan fingerprint density at radius 1 is 1.44 bits per heavy atom. The van der Waals surface area contributed by atoms with Gasteiger partial charge in [-0.25, -0.2) is 0 Å². The van der Waals surface area contributed by atoms with Gasteiger partial charge in [0.05, 0.1) is 10.8 Å². The average molecular weight is 290 g/mol. The fourth-order valence-electron chi connectivity index (χ4n) is 2.41. The number of nitrogens with one attached hydrogen (secondary N) is 1. The number of hydrogen-bond donors (Lipinski definition) is 2. The Balaban J connectivity index is 2.77. The minimum absolute atomic E-state index is 0.180. The number of aromatic amines is 1. The number of aromatic nitrogens is 1. The normalized spacial score (nSPS) is 26.7. The van der Waals surface area contributed by atoms with Gasteiger partial charge in [0.15, 0.2) is 0 Å². The summed E-state index contributed by atoms with van der Waals surface area (Å²) < 4.78 is 0. The second kappa shape index (κ2) is 4.94. The molecule has 0 amide bonds. The first kappa shape index (κ1) is 13.4. The van der Waals surface area contributed by atoms with Gasteiger partial charge in [0.2, 0.25) is 5.43 Å². The predicted octanol–water partition coefficient (Wildman–Crippen LogP) is 1.71. The van der Waals surface area contributed by atoms with Crippen LogP contribution in [0, 0.1) is 0 Å². The first-order valence-electron chi connectivity index (χ1n) is 5.73. The number of halogens is 2. The van der Waals surface area contributed by atoms with Crippen LogP contribution in [-0.2, 0) is 6.42 Å². The zero-order chi connectivity index (χ0) is 13.4. The van der Waals surface area contributed by atoms with Crippen LogP contribution in [0.25, 0.3) is 0 Å². The molecule has 3 atom stereocenters. The SMILES string of the molecule is CCC1c2c(O)cc(=O)c(=O)[nH]c2CC(Cl)C1Cl. The lowest BCUT2D eigenvalue weighted by molar-refractivity contribution is 0.445. The molecule has 0 fully saturated rings. The summed E-state index contributed by atoms with van der Waals surface area (Å²) in [5.41, 5.74) is -0.482. The second-order valence-corrected chi connectivity index (χ2v) is 5.48. The maximum Gasteiger partial charge on any atom is 0.296 e. The summed E-state index contributed by atoms with van der Waals surface area (Å²) >= 11 is 12.4. The van der Waals surface area contributed by atoms with E-state index in [0.29, 0.717) is 24.1 Å². The average Bonchev–Trinajstić information content (AvgIpc) is 2.41. The minimum Gasteiger partial charge on any atom is -0.507 e. The standard InChI is InChI=1S/C12H13Cl2NO3/c1-2-5-10-7(3-6(13)11(5)14)15-12(18)9(17)4-8(10)16/h4-6,11,16H,2-3H2,1H3,(H,15,17,18). The zero-order valence-electron chi connectivity index (χ0n) is 9.74. The van der Waals surface area contributed by atoms with Crippen LogP contribution in [0.4, 0.5) is 0 Å². The highest BCUT2D eigenvalue weighted by molar-refractivity contribution is 6.30. The van der Waals surface area contributed by atoms with Crippen molar-refractivity contribution >= 4 is 23.2 Å². The molecule has 0 bridgehead atoms. The molecule has 18 heavy (non-hydrogen) atoms. The second-order valence-electron chi connectivity index (χ2n) is 4.42. The molecule has 2 rings (SSSR count). The highest BCUT2D eigenvalue weighted by Crippen LogP contribution is 2.41. The number of alkyl halides is 2. The maximum atomic E-state index is 11.5. The van der Waals surface area contributed by atoms with Gasteiger partial charge < -0.3 is 10.1 Å². The summed E-state index contributed by atoms with van der Waals surface area (Å²) in [4.78, 5) is 25.4. The molecule has 6 heteroatoms. The lowest BCUT2D eigenvalue weighted by Gasteiger charge is -2.31. The third-order valence-electron chi connectivity index (χ3n) is 3.30. The topological polar surface area (TPSA) is 70.2 Å². The molecule has 0 aromatic carbocycles. The monoisotopic (exact) mass is 289 g/mol. The number of rotatable bonds is 1. The fraction of sp³-hybridized carbons (Fsp3) is 0.500. The van der Waals surface area contributed by atoms with Gasteiger partial charge in [0.1, 0.15) is 5.75 Å². The quantitative estimate of drug-likeness (QED) is 0.611. The summed E-state index contributed by atoms with van der Waals surface area (Å²) in [6.45, 7) is 1.92. The predicted molar refractivity (Wildman–Crippen MR) is 71.0 cm³/mol. The number of H-pyrrole nitrogens is 1. The molecule has 3 unspecified atom stereocenters. The van der Waals surface area contributed by atoms with Crippen LogP contribution in [-0.4, -0.2) is 20.8 Å². The Morgan fingerprint density at radius 3 is 2.72 bits per heavy atom. The van der Waals surface area contributed by atoms with Crippen molar-refractivity contribution in [1.29, 1.82) is 0 Å². The minimum atomic E-state index is -0.769. The molecular formula is C12H13Cl2NO3. The molecule has 1 aromatic rings. The van der Waals surface area contributed by atoms with E-state index in [-0.39, 0.29) is 22.4 Å². The van der Waals surface area contributed by atoms with E-state index in [9.17, 15) is 14.7 Å². The number of hydrogen-bond acceptors (Lipinski definition) is 3. The van der Waals surface area contributed by atoms with Crippen LogP contribution in [0.15, 0.2) is 15.7 Å². The Morgan fingerprint density at radius 2 is 2.11 bits per heavy atom. The van der Waals surface area contributed by atoms with Crippen molar-refractivity contribution in [2.24, 2.45) is 0 Å². The number of fused-ring (bicyclic) bond motifs is 1. The molecule has 1 heterocycles. The Hall–Kier alpha value is -1.00. The Labute approximate surface area is 114 Å². The van der Waals surface area contributed by atoms with Gasteiger partial charge in [-0.15, -0.1) is 23.2 Å². The molecule has 0 saturated heterocycles. The molecule has 0 saturated carbocycles. The van der Waals surface area contributed by atoms with Crippen molar-refractivity contribution in [2.75, 3.05) is 0 Å². The van der Waals surface area contributed by atoms with E-state index in [4.69, 9.17) is 23.2 Å². The van der Waals surface area contributed by atoms with E-state index in [1.807, 2.05) is 6.92 Å². The molecule has 4 nitrogen and oxygen atoms in total. The van der Waals surface area contributed by atoms with E-state index in [1.165, 1.54) is 0 Å². The van der Waals surface area contributed by atoms with Crippen molar-refractivity contribution < 1.29 is 5.11 Å². The summed E-state index contributed by atoms with van der Waals surface area (Å²) in [7, 11) is 0. The van der Waals surface area contributed by atoms with Crippen LogP contribution in [0.1, 0.15) is 30.5 Å². The fourth-order valence-corrected chi connectivity index (χ4v) is 3.13. The van der Waals surface area contributed by atoms with Crippen LogP contribution < -0.4 is 11.0 Å². The van der Waals surface area contributed by atoms with Gasteiger partial charge in [-0.05, 0) is 6.42 Å². The Kier molecular flexibility index (Phi) is 3.69. The first-order chi connectivity index (χ1) is 8.45. The van der Waals surface area contributed by atoms with Gasteiger partial charge in [-0.2, -0.15) is 0 Å². The lowest BCUT2D eigenvalue weighted by Crippen LogP contribution is -2.32. The highest BCUT2D eigenvalue weighted by atomic mass is 35.5. The van der Waals surface area contributed by atoms with Crippen molar-refractivity contribution in [3.05, 3.63) is 37.9 Å². The lowest BCUT2D eigenvalue weighted by atomic mass is 9.83. The highest BCUT2D eigenvalue weighted by Gasteiger charge is 2.35. The molecule has 0 spiro atoms. The smallest absolute Gasteiger partial charge is 0.296 e. The molecule has 0 radical (unpaired) electrons. The van der Waals surface area contributed by atoms with Crippen LogP contribution >= 0.6 is 23.2 Å². The molecule has 2 N–H and O–H groups in total. The van der Waals surface area contributed by atoms with Gasteiger partial charge in [-0.3, -0.25) is 9.59 Å². The van der Waals surface area contributed by atoms with E-state index in [2.05, 4.69) is 4.98 Å². The van der Waals surface area contributed by atoms with E-state index in [1.54, 1.807) is 0 Å². The molecule has 1 aliphatic carbocycles. The summed E-state index contributed by atoms with van der Waals surface area (Å²) in [6, 6.07) is 0.943. The molecule has 0 aliphatic heterocycles. The van der Waals surface area contributed by atoms with Crippen LogP contribution in [0.3, 0.4) is 0 Å². The van der Waals surface area contributed by atoms with Crippen molar-refractivity contribution in [3.63, 3.8) is 0 Å². The number of aromatic hydroxyl groups is 1. The maximum absolute atomic E-state index is 11.5. The van der Waals surface area contributed by atoms with Crippen molar-refractivity contribution in [2.45, 2.75) is 36.4 Å². The molecule has 98 valence electrons. The third kappa shape index (κ3) is 2.15. The molecule has 1 aliphatic rings. The molecular weight excluding hydrogens is 277 g/mol. The van der Waals surface area contributed by atoms with E-state index < -0.39 is 11.0 Å². The van der Waals surface area contributed by atoms with Crippen LogP contribution in [0.2, 0.25) is 0 Å². The van der Waals surface area contributed by atoms with Gasteiger partial charge >= 0.3 is 0 Å². The van der Waals surface area contributed by atoms with Gasteiger partial charge in [-0.1, -0.05) is 6.92 Å². The summed E-state index contributed by atoms with van der Waals surface area (Å²) in [5, 5.41) is 9.29. The van der Waals surface area contributed by atoms with E-state index >= 15 is 0 Å². The van der Waals surface area contributed by atoms with Gasteiger partial charge in [0, 0.05) is 29.7 Å². The summed E-state index contributed by atoms with van der Waals surface area (Å²) in [6.07, 6.45) is 0.997. The Bertz CT molecular complexity index is 584. The molecule has 1 aromatic heterocycles. The van der Waals surface area contributed by atoms with Crippen LogP contribution in [0.5, 0.6) is 5.75 Å². The van der Waals surface area contributed by atoms with E-state index in [0.717, 1.165) is 6.07 Å². The first-order valence-corrected chi connectivity index (χ1v) is 6.60. The zero-order valence-corrected chi connectivity index (χ0v) is 11.3. The summed E-state index contributed by atoms with van der Waals surface area (Å²) in [5.74, 6) is -0.366. The largest absolute Gasteiger partial charge is 0.507 e. The van der Waals surface area contributed by atoms with Crippen molar-refractivity contribution in [1.82, 2.24) is 4.98 Å². The van der Waals surface area contributed by atoms with Crippen molar-refractivity contribution in [3.8, 4) is 5.75 Å². The third-order valence-corrected chi connectivity index (χ3v) is 4.46.